The van der Waals surface area contributed by atoms with E-state index >= 15 is 0 Å². The van der Waals surface area contributed by atoms with Crippen LogP contribution in [0.25, 0.3) is 111 Å². The summed E-state index contributed by atoms with van der Waals surface area (Å²) < 4.78 is 11.3. The van der Waals surface area contributed by atoms with Crippen molar-refractivity contribution in [3.8, 4) is 40.1 Å². The quantitative estimate of drug-likeness (QED) is 0.189. The highest BCUT2D eigenvalue weighted by Gasteiger charge is 2.26. The maximum atomic E-state index is 6.56. The Hall–Kier alpha value is -7.12. The van der Waals surface area contributed by atoms with Crippen molar-refractivity contribution in [3.05, 3.63) is 146 Å². The van der Waals surface area contributed by atoms with Crippen LogP contribution in [0.2, 0.25) is 0 Å². The Bertz CT molecular complexity index is 3240. The van der Waals surface area contributed by atoms with Crippen molar-refractivity contribution in [1.82, 2.24) is 28.9 Å². The summed E-state index contributed by atoms with van der Waals surface area (Å²) in [6, 6.07) is 50.0. The third kappa shape index (κ3) is 3.56. The molecule has 6 aromatic heterocycles. The number of nitrogens with zero attached hydrogens (tertiary/aromatic N) is 6. The van der Waals surface area contributed by atoms with E-state index in [4.69, 9.17) is 24.4 Å². The smallest absolute Gasteiger partial charge is 0.182 e. The van der Waals surface area contributed by atoms with E-state index in [1.807, 2.05) is 72.8 Å². The lowest BCUT2D eigenvalue weighted by molar-refractivity contribution is 0.669. The highest BCUT2D eigenvalue weighted by molar-refractivity contribution is 6.36. The zero-order valence-electron chi connectivity index (χ0n) is 26.9. The van der Waals surface area contributed by atoms with Gasteiger partial charge in [0.15, 0.2) is 17.5 Å². The van der Waals surface area contributed by atoms with Gasteiger partial charge in [-0.25, -0.2) is 19.9 Å². The predicted molar refractivity (Wildman–Crippen MR) is 204 cm³/mol. The molecule has 12 aromatic rings. The molecule has 0 aliphatic carbocycles. The summed E-state index contributed by atoms with van der Waals surface area (Å²) in [5.74, 6) is 2.50. The molecule has 0 N–H and O–H groups in total. The molecule has 51 heavy (non-hydrogen) atoms. The summed E-state index contributed by atoms with van der Waals surface area (Å²) >= 11 is 0. The molecule has 0 unspecified atom stereocenters. The highest BCUT2D eigenvalue weighted by Crippen LogP contribution is 2.48. The molecule has 12 rings (SSSR count). The fourth-order valence-electron chi connectivity index (χ4n) is 8.21. The minimum atomic E-state index is 0.515. The normalized spacial score (nSPS) is 12.3. The van der Waals surface area contributed by atoms with E-state index in [-0.39, 0.29) is 0 Å². The average molecular weight is 653 g/mol. The van der Waals surface area contributed by atoms with Gasteiger partial charge in [0.2, 0.25) is 0 Å². The SMILES string of the molecule is c1ccc(-c2nc(-c3ccccc3)nc(-c3cccc(-n4c5ccc6oc7ccc8c9ccccc9n9c%10cccc4c%10c5c6c7c89)n3)n2)cc1. The molecule has 0 spiro atoms. The number of para-hydroxylation sites is 1. The first-order valence-electron chi connectivity index (χ1n) is 17.0. The number of fused-ring (bicyclic) bond motifs is 4. The first-order valence-corrected chi connectivity index (χ1v) is 17.0. The van der Waals surface area contributed by atoms with Crippen LogP contribution in [-0.4, -0.2) is 28.9 Å². The largest absolute Gasteiger partial charge is 0.456 e. The standard InChI is InChI=1S/C44H24N6O/c1-3-11-25(12-4-1)42-46-43(26-13-5-2-6-14-26)48-44(47-42)29-16-9-20-36(45-29)49-31-18-10-19-32-37(31)38-33(49)22-24-34-39(38)40-35(51-34)23-21-28-27-15-7-8-17-30(27)50(32)41(28)40/h1-24H. The van der Waals surface area contributed by atoms with Crippen LogP contribution >= 0.6 is 0 Å². The van der Waals surface area contributed by atoms with E-state index in [1.165, 1.54) is 32.6 Å². The van der Waals surface area contributed by atoms with E-state index < -0.39 is 0 Å². The maximum absolute atomic E-state index is 6.56. The van der Waals surface area contributed by atoms with E-state index in [2.05, 4.69) is 81.8 Å². The Kier molecular flexibility index (Phi) is 5.12. The van der Waals surface area contributed by atoms with Gasteiger partial charge >= 0.3 is 0 Å². The Morgan fingerprint density at radius 3 is 1.82 bits per heavy atom. The van der Waals surface area contributed by atoms with Crippen molar-refractivity contribution in [2.75, 3.05) is 0 Å². The molecule has 0 amide bonds. The molecule has 0 bridgehead atoms. The van der Waals surface area contributed by atoms with E-state index in [0.717, 1.165) is 55.4 Å². The van der Waals surface area contributed by atoms with Crippen LogP contribution in [-0.2, 0) is 0 Å². The Morgan fingerprint density at radius 1 is 0.392 bits per heavy atom. The monoisotopic (exact) mass is 652 g/mol. The molecule has 6 aromatic carbocycles. The van der Waals surface area contributed by atoms with Crippen LogP contribution in [0.3, 0.4) is 0 Å². The number of hydrogen-bond acceptors (Lipinski definition) is 5. The molecule has 6 heterocycles. The average Bonchev–Trinajstić information content (AvgIpc) is 3.83. The van der Waals surface area contributed by atoms with Gasteiger partial charge in [-0.3, -0.25) is 4.57 Å². The number of rotatable bonds is 4. The molecule has 0 saturated heterocycles. The molecule has 0 fully saturated rings. The van der Waals surface area contributed by atoms with Crippen molar-refractivity contribution in [2.24, 2.45) is 0 Å². The molecule has 7 heteroatoms. The second kappa shape index (κ2) is 9.74. The molecule has 0 aliphatic heterocycles. The fraction of sp³-hybridized carbons (Fsp3) is 0. The number of hydrogen-bond donors (Lipinski definition) is 0. The maximum Gasteiger partial charge on any atom is 0.182 e. The molecule has 0 atom stereocenters. The van der Waals surface area contributed by atoms with Gasteiger partial charge in [-0.1, -0.05) is 91.0 Å². The predicted octanol–water partition coefficient (Wildman–Crippen LogP) is 10.7. The summed E-state index contributed by atoms with van der Waals surface area (Å²) in [7, 11) is 0. The minimum Gasteiger partial charge on any atom is -0.456 e. The number of furan rings is 1. The van der Waals surface area contributed by atoms with E-state index in [0.29, 0.717) is 23.2 Å². The molecule has 0 saturated carbocycles. The second-order valence-corrected chi connectivity index (χ2v) is 13.0. The van der Waals surface area contributed by atoms with Crippen molar-refractivity contribution in [1.29, 1.82) is 0 Å². The topological polar surface area (TPSA) is 74.0 Å². The second-order valence-electron chi connectivity index (χ2n) is 13.0. The van der Waals surface area contributed by atoms with Crippen molar-refractivity contribution >= 4 is 71.1 Å². The lowest BCUT2D eigenvalue weighted by atomic mass is 10.0. The van der Waals surface area contributed by atoms with Gasteiger partial charge in [0.25, 0.3) is 0 Å². The fourth-order valence-corrected chi connectivity index (χ4v) is 8.21. The molecule has 236 valence electrons. The third-order valence-corrected chi connectivity index (χ3v) is 10.3. The first kappa shape index (κ1) is 26.8. The van der Waals surface area contributed by atoms with Gasteiger partial charge in [-0.15, -0.1) is 0 Å². The van der Waals surface area contributed by atoms with Gasteiger partial charge in [0, 0.05) is 38.1 Å². The molecule has 7 nitrogen and oxygen atoms in total. The molecular weight excluding hydrogens is 629 g/mol. The van der Waals surface area contributed by atoms with Crippen molar-refractivity contribution in [2.45, 2.75) is 0 Å². The first-order chi connectivity index (χ1) is 25.3. The Balaban J connectivity index is 1.16. The minimum absolute atomic E-state index is 0.515. The van der Waals surface area contributed by atoms with Gasteiger partial charge in [-0.2, -0.15) is 0 Å². The van der Waals surface area contributed by atoms with E-state index in [9.17, 15) is 0 Å². The van der Waals surface area contributed by atoms with Crippen LogP contribution < -0.4 is 0 Å². The summed E-state index contributed by atoms with van der Waals surface area (Å²) in [6.07, 6.45) is 0. The molecule has 0 radical (unpaired) electrons. The third-order valence-electron chi connectivity index (χ3n) is 10.3. The highest BCUT2D eigenvalue weighted by atomic mass is 16.3. The van der Waals surface area contributed by atoms with Crippen molar-refractivity contribution < 1.29 is 4.42 Å². The van der Waals surface area contributed by atoms with Crippen LogP contribution in [0, 0.1) is 0 Å². The number of pyridine rings is 1. The Labute approximate surface area is 289 Å². The van der Waals surface area contributed by atoms with Gasteiger partial charge in [0.05, 0.1) is 33.0 Å². The molecule has 0 aliphatic rings. The molecular formula is C44H24N6O. The number of aromatic nitrogens is 6. The van der Waals surface area contributed by atoms with Crippen LogP contribution in [0.1, 0.15) is 0 Å². The summed E-state index contributed by atoms with van der Waals surface area (Å²) in [5, 5.41) is 7.08. The van der Waals surface area contributed by atoms with Crippen LogP contribution in [0.15, 0.2) is 150 Å². The van der Waals surface area contributed by atoms with Crippen molar-refractivity contribution in [3.63, 3.8) is 0 Å². The lowest BCUT2D eigenvalue weighted by Gasteiger charge is -2.11. The number of benzene rings is 6. The summed E-state index contributed by atoms with van der Waals surface area (Å²) in [6.45, 7) is 0. The zero-order chi connectivity index (χ0) is 33.2. The van der Waals surface area contributed by atoms with Crippen LogP contribution in [0.4, 0.5) is 0 Å². The zero-order valence-corrected chi connectivity index (χ0v) is 26.9. The van der Waals surface area contributed by atoms with Gasteiger partial charge in [0.1, 0.15) is 22.7 Å². The summed E-state index contributed by atoms with van der Waals surface area (Å²) in [5.41, 5.74) is 9.91. The Morgan fingerprint density at radius 2 is 1.02 bits per heavy atom. The lowest BCUT2D eigenvalue weighted by Crippen LogP contribution is -2.03. The van der Waals surface area contributed by atoms with E-state index in [1.54, 1.807) is 0 Å². The van der Waals surface area contributed by atoms with Gasteiger partial charge < -0.3 is 8.82 Å². The van der Waals surface area contributed by atoms with Gasteiger partial charge in [-0.05, 0) is 54.6 Å². The van der Waals surface area contributed by atoms with Crippen LogP contribution in [0.5, 0.6) is 0 Å². The summed E-state index contributed by atoms with van der Waals surface area (Å²) in [4.78, 5) is 20.1.